The molecule has 0 amide bonds. The van der Waals surface area contributed by atoms with Gasteiger partial charge in [-0.1, -0.05) is 0 Å². The minimum absolute atomic E-state index is 0.0652. The standard InChI is InChI=1S/C11H13N5O2/c1-17-6-3-4-7(8(5-6)18-2)9-14-10(12)16-11(13)15-9/h3-5H,1-2H3,(H4,12,13,14,15,16). The molecule has 0 saturated heterocycles. The van der Waals surface area contributed by atoms with Crippen molar-refractivity contribution in [3.8, 4) is 22.9 Å². The van der Waals surface area contributed by atoms with Gasteiger partial charge >= 0.3 is 0 Å². The average molecular weight is 247 g/mol. The zero-order valence-electron chi connectivity index (χ0n) is 10.0. The van der Waals surface area contributed by atoms with Crippen LogP contribution in [0.5, 0.6) is 11.5 Å². The van der Waals surface area contributed by atoms with Gasteiger partial charge in [0.2, 0.25) is 11.9 Å². The molecule has 1 aromatic heterocycles. The van der Waals surface area contributed by atoms with Crippen molar-refractivity contribution in [3.63, 3.8) is 0 Å². The topological polar surface area (TPSA) is 109 Å². The van der Waals surface area contributed by atoms with Gasteiger partial charge in [0.05, 0.1) is 19.8 Å². The Kier molecular flexibility index (Phi) is 3.13. The molecule has 0 unspecified atom stereocenters. The largest absolute Gasteiger partial charge is 0.497 e. The summed E-state index contributed by atoms with van der Waals surface area (Å²) >= 11 is 0. The minimum atomic E-state index is 0.0652. The van der Waals surface area contributed by atoms with Crippen LogP contribution in [0.25, 0.3) is 11.4 Å². The summed E-state index contributed by atoms with van der Waals surface area (Å²) in [5.41, 5.74) is 11.7. The van der Waals surface area contributed by atoms with Gasteiger partial charge in [-0.05, 0) is 12.1 Å². The highest BCUT2D eigenvalue weighted by atomic mass is 16.5. The third-order valence-corrected chi connectivity index (χ3v) is 2.32. The maximum atomic E-state index is 5.54. The van der Waals surface area contributed by atoms with Crippen LogP contribution in [0.3, 0.4) is 0 Å². The Balaban J connectivity index is 2.55. The van der Waals surface area contributed by atoms with Gasteiger partial charge in [0, 0.05) is 6.07 Å². The lowest BCUT2D eigenvalue weighted by atomic mass is 10.2. The van der Waals surface area contributed by atoms with Crippen molar-refractivity contribution in [1.82, 2.24) is 15.0 Å². The summed E-state index contributed by atoms with van der Waals surface area (Å²) < 4.78 is 10.4. The summed E-state index contributed by atoms with van der Waals surface area (Å²) in [5, 5.41) is 0. The molecule has 0 aliphatic rings. The van der Waals surface area contributed by atoms with Crippen LogP contribution in [0.15, 0.2) is 18.2 Å². The summed E-state index contributed by atoms with van der Waals surface area (Å²) in [6.07, 6.45) is 0. The van der Waals surface area contributed by atoms with Crippen LogP contribution in [0, 0.1) is 0 Å². The average Bonchev–Trinajstić information content (AvgIpc) is 2.36. The molecule has 2 aromatic rings. The highest BCUT2D eigenvalue weighted by Crippen LogP contribution is 2.31. The number of nitrogens with two attached hydrogens (primary N) is 2. The molecule has 18 heavy (non-hydrogen) atoms. The van der Waals surface area contributed by atoms with Crippen molar-refractivity contribution in [2.24, 2.45) is 0 Å². The first kappa shape index (κ1) is 11.9. The number of ether oxygens (including phenoxy) is 2. The zero-order chi connectivity index (χ0) is 13.1. The van der Waals surface area contributed by atoms with Gasteiger partial charge in [-0.3, -0.25) is 0 Å². The molecular formula is C11H13N5O2. The molecule has 0 spiro atoms. The summed E-state index contributed by atoms with van der Waals surface area (Å²) in [6, 6.07) is 5.27. The van der Waals surface area contributed by atoms with Crippen molar-refractivity contribution in [1.29, 1.82) is 0 Å². The van der Waals surface area contributed by atoms with E-state index in [-0.39, 0.29) is 11.9 Å². The van der Waals surface area contributed by atoms with Gasteiger partial charge in [-0.25, -0.2) is 0 Å². The maximum absolute atomic E-state index is 5.54. The fraction of sp³-hybridized carbons (Fsp3) is 0.182. The Bertz CT molecular complexity index is 553. The van der Waals surface area contributed by atoms with Crippen LogP contribution in [0.4, 0.5) is 11.9 Å². The maximum Gasteiger partial charge on any atom is 0.225 e. The van der Waals surface area contributed by atoms with Gasteiger partial charge in [0.15, 0.2) is 5.82 Å². The monoisotopic (exact) mass is 247 g/mol. The van der Waals surface area contributed by atoms with Crippen molar-refractivity contribution >= 4 is 11.9 Å². The van der Waals surface area contributed by atoms with Gasteiger partial charge in [-0.15, -0.1) is 0 Å². The third-order valence-electron chi connectivity index (χ3n) is 2.32. The lowest BCUT2D eigenvalue weighted by Gasteiger charge is -2.09. The van der Waals surface area contributed by atoms with Gasteiger partial charge in [0.1, 0.15) is 11.5 Å². The quantitative estimate of drug-likeness (QED) is 0.822. The van der Waals surface area contributed by atoms with Gasteiger partial charge in [-0.2, -0.15) is 15.0 Å². The normalized spacial score (nSPS) is 10.1. The zero-order valence-corrected chi connectivity index (χ0v) is 10.0. The van der Waals surface area contributed by atoms with E-state index >= 15 is 0 Å². The van der Waals surface area contributed by atoms with Crippen molar-refractivity contribution in [2.75, 3.05) is 25.7 Å². The molecule has 0 fully saturated rings. The number of hydrogen-bond donors (Lipinski definition) is 2. The van der Waals surface area contributed by atoms with Crippen LogP contribution in [0.1, 0.15) is 0 Å². The highest BCUT2D eigenvalue weighted by Gasteiger charge is 2.11. The fourth-order valence-corrected chi connectivity index (χ4v) is 1.51. The third kappa shape index (κ3) is 2.24. The van der Waals surface area contributed by atoms with Crippen LogP contribution >= 0.6 is 0 Å². The SMILES string of the molecule is COc1ccc(-c2nc(N)nc(N)n2)c(OC)c1. The fourth-order valence-electron chi connectivity index (χ4n) is 1.51. The molecule has 1 aromatic carbocycles. The molecule has 0 atom stereocenters. The second-order valence-corrected chi connectivity index (χ2v) is 3.44. The molecule has 7 nitrogen and oxygen atoms in total. The van der Waals surface area contributed by atoms with E-state index in [0.717, 1.165) is 0 Å². The molecule has 0 aliphatic carbocycles. The molecule has 94 valence electrons. The summed E-state index contributed by atoms with van der Waals surface area (Å²) in [4.78, 5) is 11.8. The van der Waals surface area contributed by atoms with E-state index in [4.69, 9.17) is 20.9 Å². The predicted molar refractivity (Wildman–Crippen MR) is 67.2 cm³/mol. The Labute approximate surface area is 104 Å². The first-order valence-electron chi connectivity index (χ1n) is 5.13. The van der Waals surface area contributed by atoms with Crippen molar-refractivity contribution in [3.05, 3.63) is 18.2 Å². The molecule has 7 heteroatoms. The molecule has 4 N–H and O–H groups in total. The number of rotatable bonds is 3. The lowest BCUT2D eigenvalue weighted by Crippen LogP contribution is -2.04. The van der Waals surface area contributed by atoms with Crippen LogP contribution in [-0.2, 0) is 0 Å². The lowest BCUT2D eigenvalue weighted by molar-refractivity contribution is 0.395. The molecule has 0 aliphatic heterocycles. The Hall–Kier alpha value is -2.57. The van der Waals surface area contributed by atoms with Crippen molar-refractivity contribution in [2.45, 2.75) is 0 Å². The van der Waals surface area contributed by atoms with E-state index in [9.17, 15) is 0 Å². The highest BCUT2D eigenvalue weighted by molar-refractivity contribution is 5.67. The number of aromatic nitrogens is 3. The van der Waals surface area contributed by atoms with Crippen molar-refractivity contribution < 1.29 is 9.47 Å². The molecular weight excluding hydrogens is 234 g/mol. The number of hydrogen-bond acceptors (Lipinski definition) is 7. The van der Waals surface area contributed by atoms with Gasteiger partial charge in [0.25, 0.3) is 0 Å². The Morgan fingerprint density at radius 2 is 1.61 bits per heavy atom. The number of nitrogen functional groups attached to an aromatic ring is 2. The van der Waals surface area contributed by atoms with E-state index in [1.807, 2.05) is 0 Å². The summed E-state index contributed by atoms with van der Waals surface area (Å²) in [7, 11) is 3.12. The molecule has 0 radical (unpaired) electrons. The number of methoxy groups -OCH3 is 2. The Morgan fingerprint density at radius 1 is 0.944 bits per heavy atom. The molecule has 2 rings (SSSR count). The smallest absolute Gasteiger partial charge is 0.225 e. The molecule has 1 heterocycles. The van der Waals surface area contributed by atoms with Crippen LogP contribution in [-0.4, -0.2) is 29.2 Å². The molecule has 0 bridgehead atoms. The van der Waals surface area contributed by atoms with Gasteiger partial charge < -0.3 is 20.9 Å². The van der Waals surface area contributed by atoms with E-state index in [2.05, 4.69) is 15.0 Å². The van der Waals surface area contributed by atoms with E-state index in [1.165, 1.54) is 0 Å². The first-order chi connectivity index (χ1) is 8.63. The first-order valence-corrected chi connectivity index (χ1v) is 5.13. The van der Waals surface area contributed by atoms with E-state index in [1.54, 1.807) is 32.4 Å². The minimum Gasteiger partial charge on any atom is -0.497 e. The number of nitrogens with zero attached hydrogens (tertiary/aromatic N) is 3. The Morgan fingerprint density at radius 3 is 2.17 bits per heavy atom. The number of anilines is 2. The van der Waals surface area contributed by atoms with E-state index < -0.39 is 0 Å². The summed E-state index contributed by atoms with van der Waals surface area (Å²) in [6.45, 7) is 0. The van der Waals surface area contributed by atoms with Crippen LogP contribution in [0.2, 0.25) is 0 Å². The summed E-state index contributed by atoms with van der Waals surface area (Å²) in [5.74, 6) is 1.73. The predicted octanol–water partition coefficient (Wildman–Crippen LogP) is 0.720. The molecule has 0 saturated carbocycles. The van der Waals surface area contributed by atoms with Crippen LogP contribution < -0.4 is 20.9 Å². The second-order valence-electron chi connectivity index (χ2n) is 3.44. The van der Waals surface area contributed by atoms with E-state index in [0.29, 0.717) is 22.9 Å². The number of benzene rings is 1. The second kappa shape index (κ2) is 4.74.